The van der Waals surface area contributed by atoms with Gasteiger partial charge in [0.25, 0.3) is 0 Å². The van der Waals surface area contributed by atoms with Gasteiger partial charge in [-0.1, -0.05) is 25.1 Å². The number of esters is 1. The Morgan fingerprint density at radius 3 is 2.76 bits per heavy atom. The van der Waals surface area contributed by atoms with Gasteiger partial charge in [0.05, 0.1) is 19.0 Å². The minimum absolute atomic E-state index is 0.235. The number of ether oxygens (including phenoxy) is 1. The normalized spacial score (nSPS) is 12.2. The number of fused-ring (bicyclic) bond motifs is 1. The molecule has 0 saturated heterocycles. The first-order chi connectivity index (χ1) is 10.1. The van der Waals surface area contributed by atoms with Crippen LogP contribution < -0.4 is 5.32 Å². The molecule has 0 aliphatic heterocycles. The first-order valence-corrected chi connectivity index (χ1v) is 7.28. The van der Waals surface area contributed by atoms with Crippen LogP contribution in [0.1, 0.15) is 31.5 Å². The van der Waals surface area contributed by atoms with Gasteiger partial charge in [0.15, 0.2) is 0 Å². The van der Waals surface area contributed by atoms with E-state index in [1.54, 1.807) is 0 Å². The van der Waals surface area contributed by atoms with E-state index in [2.05, 4.69) is 24.1 Å². The quantitative estimate of drug-likeness (QED) is 0.855. The van der Waals surface area contributed by atoms with Crippen LogP contribution in [0.5, 0.6) is 0 Å². The maximum atomic E-state index is 11.7. The Balaban J connectivity index is 2.60. The highest BCUT2D eigenvalue weighted by Gasteiger charge is 2.17. The predicted octanol–water partition coefficient (Wildman–Crippen LogP) is 3.47. The molecule has 0 aliphatic rings. The summed E-state index contributed by atoms with van der Waals surface area (Å²) in [7, 11) is 1.41. The van der Waals surface area contributed by atoms with Gasteiger partial charge in [0.1, 0.15) is 0 Å². The number of anilines is 1. The lowest BCUT2D eigenvalue weighted by atomic mass is 10.0. The molecule has 0 fully saturated rings. The van der Waals surface area contributed by atoms with Gasteiger partial charge in [-0.25, -0.2) is 0 Å². The summed E-state index contributed by atoms with van der Waals surface area (Å²) in [5.74, 6) is -0.248. The average molecular weight is 286 g/mol. The first kappa shape index (κ1) is 15.3. The third-order valence-corrected chi connectivity index (χ3v) is 3.75. The van der Waals surface area contributed by atoms with E-state index in [9.17, 15) is 4.79 Å². The highest BCUT2D eigenvalue weighted by atomic mass is 16.5. The van der Waals surface area contributed by atoms with Crippen molar-refractivity contribution in [3.8, 4) is 0 Å². The Morgan fingerprint density at radius 1 is 1.38 bits per heavy atom. The molecule has 0 bridgehead atoms. The van der Waals surface area contributed by atoms with Crippen molar-refractivity contribution in [2.75, 3.05) is 12.4 Å². The third-order valence-electron chi connectivity index (χ3n) is 3.75. The summed E-state index contributed by atoms with van der Waals surface area (Å²) in [5.41, 5.74) is 3.72. The number of rotatable bonds is 5. The van der Waals surface area contributed by atoms with E-state index < -0.39 is 0 Å². The second-order valence-electron chi connectivity index (χ2n) is 5.27. The molecule has 1 aromatic carbocycles. The topological polar surface area (TPSA) is 51.2 Å². The Kier molecular flexibility index (Phi) is 4.78. The Bertz CT molecular complexity index is 653. The summed E-state index contributed by atoms with van der Waals surface area (Å²) < 4.78 is 4.81. The summed E-state index contributed by atoms with van der Waals surface area (Å²) in [6.45, 7) is 6.20. The van der Waals surface area contributed by atoms with Crippen LogP contribution in [0.15, 0.2) is 24.3 Å². The molecule has 0 saturated carbocycles. The number of methoxy groups -OCH3 is 1. The van der Waals surface area contributed by atoms with Crippen LogP contribution >= 0.6 is 0 Å². The van der Waals surface area contributed by atoms with Gasteiger partial charge in [-0.3, -0.25) is 9.78 Å². The fraction of sp³-hybridized carbons (Fsp3) is 0.412. The predicted molar refractivity (Wildman–Crippen MR) is 85.6 cm³/mol. The molecule has 1 N–H and O–H groups in total. The summed E-state index contributed by atoms with van der Waals surface area (Å²) in [4.78, 5) is 16.3. The lowest BCUT2D eigenvalue weighted by Crippen LogP contribution is -2.18. The summed E-state index contributed by atoms with van der Waals surface area (Å²) >= 11 is 0. The number of carbonyl (C=O) groups excluding carboxylic acids is 1. The van der Waals surface area contributed by atoms with Crippen LogP contribution in [0.25, 0.3) is 10.9 Å². The van der Waals surface area contributed by atoms with E-state index >= 15 is 0 Å². The number of nitrogens with one attached hydrogen (secondary N) is 1. The van der Waals surface area contributed by atoms with Crippen LogP contribution in [-0.2, 0) is 16.0 Å². The highest BCUT2D eigenvalue weighted by molar-refractivity contribution is 5.95. The minimum Gasteiger partial charge on any atom is -0.469 e. The molecule has 2 aromatic rings. The Labute approximate surface area is 125 Å². The SMILES string of the molecule is CCC(C)Nc1c(CC(=O)OC)c(C)nc2ccccc12. The van der Waals surface area contributed by atoms with E-state index in [0.717, 1.165) is 34.3 Å². The summed E-state index contributed by atoms with van der Waals surface area (Å²) in [6, 6.07) is 8.32. The second-order valence-corrected chi connectivity index (χ2v) is 5.27. The standard InChI is InChI=1S/C17H22N2O2/c1-5-11(2)18-17-13-8-6-7-9-15(13)19-12(3)14(17)10-16(20)21-4/h6-9,11H,5,10H2,1-4H3,(H,18,19). The number of hydrogen-bond acceptors (Lipinski definition) is 4. The second kappa shape index (κ2) is 6.57. The molecule has 0 aliphatic carbocycles. The fourth-order valence-electron chi connectivity index (χ4n) is 2.32. The number of hydrogen-bond donors (Lipinski definition) is 1. The molecule has 2 rings (SSSR count). The van der Waals surface area contributed by atoms with Crippen LogP contribution in [0, 0.1) is 6.92 Å². The van der Waals surface area contributed by atoms with E-state index in [0.29, 0.717) is 6.04 Å². The molecule has 1 unspecified atom stereocenters. The Hall–Kier alpha value is -2.10. The molecule has 4 nitrogen and oxygen atoms in total. The lowest BCUT2D eigenvalue weighted by Gasteiger charge is -2.20. The number of aryl methyl sites for hydroxylation is 1. The van der Waals surface area contributed by atoms with Crippen LogP contribution in [-0.4, -0.2) is 24.1 Å². The van der Waals surface area contributed by atoms with E-state index in [1.165, 1.54) is 7.11 Å². The monoisotopic (exact) mass is 286 g/mol. The van der Waals surface area contributed by atoms with Gasteiger partial charge in [-0.15, -0.1) is 0 Å². The van der Waals surface area contributed by atoms with Crippen LogP contribution in [0.3, 0.4) is 0 Å². The molecule has 1 heterocycles. The zero-order valence-electron chi connectivity index (χ0n) is 13.1. The third kappa shape index (κ3) is 3.32. The number of carbonyl (C=O) groups is 1. The van der Waals surface area contributed by atoms with Gasteiger partial charge in [0, 0.05) is 28.4 Å². The molecule has 1 atom stereocenters. The number of benzene rings is 1. The number of para-hydroxylation sites is 1. The van der Waals surface area contributed by atoms with Crippen molar-refractivity contribution in [3.63, 3.8) is 0 Å². The molecular formula is C17H22N2O2. The van der Waals surface area contributed by atoms with E-state index in [-0.39, 0.29) is 12.4 Å². The minimum atomic E-state index is -0.248. The fourth-order valence-corrected chi connectivity index (χ4v) is 2.32. The molecular weight excluding hydrogens is 264 g/mol. The average Bonchev–Trinajstić information content (AvgIpc) is 2.50. The van der Waals surface area contributed by atoms with Crippen molar-refractivity contribution in [1.29, 1.82) is 0 Å². The first-order valence-electron chi connectivity index (χ1n) is 7.28. The smallest absolute Gasteiger partial charge is 0.310 e. The van der Waals surface area contributed by atoms with Crippen molar-refractivity contribution in [1.82, 2.24) is 4.98 Å². The van der Waals surface area contributed by atoms with Crippen molar-refractivity contribution < 1.29 is 9.53 Å². The lowest BCUT2D eigenvalue weighted by molar-refractivity contribution is -0.139. The van der Waals surface area contributed by atoms with Gasteiger partial charge < -0.3 is 10.1 Å². The molecule has 0 spiro atoms. The van der Waals surface area contributed by atoms with Crippen molar-refractivity contribution in [3.05, 3.63) is 35.5 Å². The molecule has 0 amide bonds. The van der Waals surface area contributed by atoms with Gasteiger partial charge in [0.2, 0.25) is 0 Å². The zero-order valence-corrected chi connectivity index (χ0v) is 13.1. The highest BCUT2D eigenvalue weighted by Crippen LogP contribution is 2.30. The number of pyridine rings is 1. The van der Waals surface area contributed by atoms with Crippen molar-refractivity contribution in [2.24, 2.45) is 0 Å². The van der Waals surface area contributed by atoms with E-state index in [1.807, 2.05) is 31.2 Å². The molecule has 0 radical (unpaired) electrons. The zero-order chi connectivity index (χ0) is 15.4. The van der Waals surface area contributed by atoms with Crippen LogP contribution in [0.2, 0.25) is 0 Å². The van der Waals surface area contributed by atoms with Crippen molar-refractivity contribution in [2.45, 2.75) is 39.7 Å². The van der Waals surface area contributed by atoms with Gasteiger partial charge >= 0.3 is 5.97 Å². The number of aromatic nitrogens is 1. The largest absolute Gasteiger partial charge is 0.469 e. The summed E-state index contributed by atoms with van der Waals surface area (Å²) in [6.07, 6.45) is 1.24. The molecule has 112 valence electrons. The molecule has 4 heteroatoms. The van der Waals surface area contributed by atoms with Crippen molar-refractivity contribution >= 4 is 22.6 Å². The van der Waals surface area contributed by atoms with Crippen LogP contribution in [0.4, 0.5) is 5.69 Å². The molecule has 21 heavy (non-hydrogen) atoms. The Morgan fingerprint density at radius 2 is 2.10 bits per heavy atom. The summed E-state index contributed by atoms with van der Waals surface area (Å²) in [5, 5.41) is 4.57. The maximum absolute atomic E-state index is 11.7. The maximum Gasteiger partial charge on any atom is 0.310 e. The van der Waals surface area contributed by atoms with Gasteiger partial charge in [-0.2, -0.15) is 0 Å². The van der Waals surface area contributed by atoms with Gasteiger partial charge in [-0.05, 0) is 26.3 Å². The molecule has 1 aromatic heterocycles. The van der Waals surface area contributed by atoms with E-state index in [4.69, 9.17) is 4.74 Å². The number of nitrogens with zero attached hydrogens (tertiary/aromatic N) is 1.